The highest BCUT2D eigenvalue weighted by atomic mass is 35.5. The number of hydrogen-bond donors (Lipinski definition) is 1. The molecule has 7 heteroatoms. The number of hydrogen-bond acceptors (Lipinski definition) is 2. The molecule has 138 valence electrons. The van der Waals surface area contributed by atoms with E-state index in [9.17, 15) is 18.4 Å². The summed E-state index contributed by atoms with van der Waals surface area (Å²) in [4.78, 5) is 25.6. The first-order chi connectivity index (χ1) is 12.2. The van der Waals surface area contributed by atoms with Gasteiger partial charge in [0.25, 0.3) is 0 Å². The van der Waals surface area contributed by atoms with E-state index in [0.717, 1.165) is 23.3 Å². The third kappa shape index (κ3) is 4.79. The molecule has 0 saturated carbocycles. The lowest BCUT2D eigenvalue weighted by Gasteiger charge is -2.24. The number of aryl methyl sites for hydroxylation is 2. The van der Waals surface area contributed by atoms with E-state index in [-0.39, 0.29) is 24.6 Å². The van der Waals surface area contributed by atoms with Crippen molar-refractivity contribution in [3.05, 3.63) is 58.1 Å². The largest absolute Gasteiger partial charge is 0.326 e. The number of nitrogens with one attached hydrogen (secondary N) is 1. The Balaban J connectivity index is 2.10. The summed E-state index contributed by atoms with van der Waals surface area (Å²) in [6, 6.07) is 6.75. The highest BCUT2D eigenvalue weighted by molar-refractivity contribution is 6.34. The molecule has 1 N–H and O–H groups in total. The molecule has 0 unspecified atom stereocenters. The molecule has 0 heterocycles. The summed E-state index contributed by atoms with van der Waals surface area (Å²) in [6.45, 7) is 5.24. The van der Waals surface area contributed by atoms with Crippen molar-refractivity contribution in [1.29, 1.82) is 0 Å². The minimum atomic E-state index is -1.05. The average molecular weight is 381 g/mol. The molecule has 4 nitrogen and oxygen atoms in total. The van der Waals surface area contributed by atoms with Gasteiger partial charge in [0.2, 0.25) is 11.8 Å². The van der Waals surface area contributed by atoms with Crippen LogP contribution < -0.4 is 10.2 Å². The molecule has 2 aromatic rings. The van der Waals surface area contributed by atoms with Gasteiger partial charge in [-0.1, -0.05) is 17.7 Å². The second-order valence-corrected chi connectivity index (χ2v) is 6.42. The molecule has 0 fully saturated rings. The van der Waals surface area contributed by atoms with Crippen LogP contribution in [0.15, 0.2) is 30.3 Å². The summed E-state index contributed by atoms with van der Waals surface area (Å²) in [7, 11) is 0. The molecular weight excluding hydrogens is 362 g/mol. The third-order valence-corrected chi connectivity index (χ3v) is 4.10. The van der Waals surface area contributed by atoms with E-state index in [4.69, 9.17) is 11.6 Å². The van der Waals surface area contributed by atoms with E-state index in [1.54, 1.807) is 6.07 Å². The molecule has 0 radical (unpaired) electrons. The van der Waals surface area contributed by atoms with E-state index >= 15 is 0 Å². The van der Waals surface area contributed by atoms with Crippen molar-refractivity contribution in [3.63, 3.8) is 0 Å². The van der Waals surface area contributed by atoms with Crippen LogP contribution in [0, 0.1) is 25.5 Å². The zero-order valence-corrected chi connectivity index (χ0v) is 15.5. The Kier molecular flexibility index (Phi) is 6.32. The standard InChI is InChI=1S/C19H19ClF2N2O2/c1-11-8-12(2)19(15(20)9-11)24(13(3)25)7-6-18(26)23-14-4-5-16(21)17(22)10-14/h4-5,8-10H,6-7H2,1-3H3,(H,23,26). The van der Waals surface area contributed by atoms with E-state index in [1.165, 1.54) is 17.9 Å². The van der Waals surface area contributed by atoms with Crippen LogP contribution in [0.25, 0.3) is 0 Å². The van der Waals surface area contributed by atoms with Crippen LogP contribution >= 0.6 is 11.6 Å². The molecule has 0 atom stereocenters. The molecule has 26 heavy (non-hydrogen) atoms. The third-order valence-electron chi connectivity index (χ3n) is 3.81. The van der Waals surface area contributed by atoms with Gasteiger partial charge in [-0.15, -0.1) is 0 Å². The fourth-order valence-electron chi connectivity index (χ4n) is 2.69. The Bertz CT molecular complexity index is 832. The minimum Gasteiger partial charge on any atom is -0.326 e. The lowest BCUT2D eigenvalue weighted by molar-refractivity contribution is -0.117. The second kappa shape index (κ2) is 8.27. The Labute approximate surface area is 155 Å². The van der Waals surface area contributed by atoms with Crippen molar-refractivity contribution in [2.45, 2.75) is 27.2 Å². The highest BCUT2D eigenvalue weighted by Gasteiger charge is 2.19. The number of amides is 2. The zero-order valence-electron chi connectivity index (χ0n) is 14.7. The molecule has 0 saturated heterocycles. The number of halogens is 3. The molecule has 0 aliphatic heterocycles. The summed E-state index contributed by atoms with van der Waals surface area (Å²) in [5.41, 5.74) is 2.50. The van der Waals surface area contributed by atoms with Crippen LogP contribution in [-0.4, -0.2) is 18.4 Å². The Morgan fingerprint density at radius 2 is 1.81 bits per heavy atom. The first-order valence-electron chi connectivity index (χ1n) is 7.98. The highest BCUT2D eigenvalue weighted by Crippen LogP contribution is 2.31. The number of nitrogens with zero attached hydrogens (tertiary/aromatic N) is 1. The first kappa shape index (κ1) is 19.8. The van der Waals surface area contributed by atoms with Gasteiger partial charge in [-0.3, -0.25) is 9.59 Å². The van der Waals surface area contributed by atoms with Gasteiger partial charge in [0.15, 0.2) is 11.6 Å². The van der Waals surface area contributed by atoms with Gasteiger partial charge in [-0.05, 0) is 43.2 Å². The van der Waals surface area contributed by atoms with Crippen LogP contribution in [0.3, 0.4) is 0 Å². The predicted molar refractivity (Wildman–Crippen MR) is 98.6 cm³/mol. The van der Waals surface area contributed by atoms with E-state index in [2.05, 4.69) is 5.32 Å². The maximum Gasteiger partial charge on any atom is 0.226 e. The van der Waals surface area contributed by atoms with Crippen LogP contribution in [-0.2, 0) is 9.59 Å². The average Bonchev–Trinajstić information content (AvgIpc) is 2.52. The predicted octanol–water partition coefficient (Wildman–Crippen LogP) is 4.62. The quantitative estimate of drug-likeness (QED) is 0.823. The topological polar surface area (TPSA) is 49.4 Å². The zero-order chi connectivity index (χ0) is 19.4. The Morgan fingerprint density at radius 3 is 2.38 bits per heavy atom. The fraction of sp³-hybridized carbons (Fsp3) is 0.263. The summed E-state index contributed by atoms with van der Waals surface area (Å²) in [5.74, 6) is -2.71. The van der Waals surface area contributed by atoms with Crippen LogP contribution in [0.4, 0.5) is 20.2 Å². The van der Waals surface area contributed by atoms with Crippen molar-refractivity contribution < 1.29 is 18.4 Å². The summed E-state index contributed by atoms with van der Waals surface area (Å²) in [5, 5.41) is 2.91. The second-order valence-electron chi connectivity index (χ2n) is 6.01. The van der Waals surface area contributed by atoms with E-state index in [0.29, 0.717) is 10.7 Å². The molecule has 2 aromatic carbocycles. The SMILES string of the molecule is CC(=O)N(CCC(=O)Nc1ccc(F)c(F)c1)c1c(C)cc(C)cc1Cl. The molecular formula is C19H19ClF2N2O2. The maximum atomic E-state index is 13.2. The monoisotopic (exact) mass is 380 g/mol. The number of carbonyl (C=O) groups excluding carboxylic acids is 2. The minimum absolute atomic E-state index is 0.0256. The summed E-state index contributed by atoms with van der Waals surface area (Å²) < 4.78 is 26.1. The molecule has 0 aromatic heterocycles. The summed E-state index contributed by atoms with van der Waals surface area (Å²) in [6.07, 6.45) is -0.0256. The van der Waals surface area contributed by atoms with Gasteiger partial charge in [0.1, 0.15) is 0 Å². The van der Waals surface area contributed by atoms with Crippen molar-refractivity contribution in [2.75, 3.05) is 16.8 Å². The molecule has 0 spiro atoms. The molecule has 2 rings (SSSR count). The maximum absolute atomic E-state index is 13.2. The van der Waals surface area contributed by atoms with E-state index < -0.39 is 17.5 Å². The lowest BCUT2D eigenvalue weighted by Crippen LogP contribution is -2.32. The first-order valence-corrected chi connectivity index (χ1v) is 8.36. The van der Waals surface area contributed by atoms with Gasteiger partial charge < -0.3 is 10.2 Å². The van der Waals surface area contributed by atoms with Gasteiger partial charge in [0.05, 0.1) is 10.7 Å². The number of anilines is 2. The van der Waals surface area contributed by atoms with Gasteiger partial charge in [-0.2, -0.15) is 0 Å². The number of carbonyl (C=O) groups is 2. The fourth-order valence-corrected chi connectivity index (χ4v) is 3.11. The van der Waals surface area contributed by atoms with Gasteiger partial charge in [-0.25, -0.2) is 8.78 Å². The smallest absolute Gasteiger partial charge is 0.226 e. The van der Waals surface area contributed by atoms with Crippen molar-refractivity contribution in [1.82, 2.24) is 0 Å². The van der Waals surface area contributed by atoms with Crippen LogP contribution in [0.1, 0.15) is 24.5 Å². The van der Waals surface area contributed by atoms with Crippen molar-refractivity contribution in [2.24, 2.45) is 0 Å². The van der Waals surface area contributed by atoms with Crippen molar-refractivity contribution in [3.8, 4) is 0 Å². The Morgan fingerprint density at radius 1 is 1.12 bits per heavy atom. The number of rotatable bonds is 5. The number of benzene rings is 2. The molecule has 0 bridgehead atoms. The molecule has 2 amide bonds. The summed E-state index contributed by atoms with van der Waals surface area (Å²) >= 11 is 6.28. The molecule has 0 aliphatic carbocycles. The van der Waals surface area contributed by atoms with Crippen molar-refractivity contribution >= 4 is 34.8 Å². The Hall–Kier alpha value is -2.47. The normalized spacial score (nSPS) is 10.5. The van der Waals surface area contributed by atoms with Gasteiger partial charge in [0, 0.05) is 31.6 Å². The van der Waals surface area contributed by atoms with Gasteiger partial charge >= 0.3 is 0 Å². The molecule has 0 aliphatic rings. The van der Waals surface area contributed by atoms with Crippen LogP contribution in [0.5, 0.6) is 0 Å². The van der Waals surface area contributed by atoms with E-state index in [1.807, 2.05) is 19.9 Å². The van der Waals surface area contributed by atoms with Crippen LogP contribution in [0.2, 0.25) is 5.02 Å². The lowest BCUT2D eigenvalue weighted by atomic mass is 10.1.